The van der Waals surface area contributed by atoms with Gasteiger partial charge in [0.1, 0.15) is 11.6 Å². The molecular formula is C19H25N3O2S2. The number of thioether (sulfide) groups is 2. The first-order chi connectivity index (χ1) is 12.7. The molecule has 0 radical (unpaired) electrons. The Kier molecular flexibility index (Phi) is 6.91. The van der Waals surface area contributed by atoms with Crippen LogP contribution >= 0.6 is 23.5 Å². The van der Waals surface area contributed by atoms with E-state index >= 15 is 0 Å². The zero-order valence-electron chi connectivity index (χ0n) is 15.2. The summed E-state index contributed by atoms with van der Waals surface area (Å²) in [5, 5.41) is 7.14. The van der Waals surface area contributed by atoms with Crippen LogP contribution in [0.15, 0.2) is 36.5 Å². The van der Waals surface area contributed by atoms with Gasteiger partial charge in [-0.15, -0.1) is 23.5 Å². The van der Waals surface area contributed by atoms with E-state index in [0.29, 0.717) is 16.1 Å². The molecule has 1 aliphatic heterocycles. The van der Waals surface area contributed by atoms with Crippen LogP contribution in [0.5, 0.6) is 5.75 Å². The molecule has 1 aliphatic rings. The summed E-state index contributed by atoms with van der Waals surface area (Å²) in [6.07, 6.45) is 3.94. The fourth-order valence-corrected chi connectivity index (χ4v) is 5.56. The van der Waals surface area contributed by atoms with E-state index in [2.05, 4.69) is 36.4 Å². The normalized spacial score (nSPS) is 16.2. The van der Waals surface area contributed by atoms with Gasteiger partial charge in [0, 0.05) is 6.07 Å². The minimum absolute atomic E-state index is 0.0159. The van der Waals surface area contributed by atoms with Gasteiger partial charge in [-0.1, -0.05) is 19.1 Å². The maximum atomic E-state index is 12.2. The zero-order chi connectivity index (χ0) is 18.4. The molecule has 0 spiro atoms. The number of nitrogens with one attached hydrogen (secondary N) is 1. The molecule has 1 amide bonds. The topological polar surface area (TPSA) is 56.2 Å². The van der Waals surface area contributed by atoms with Gasteiger partial charge < -0.3 is 10.1 Å². The molecule has 3 rings (SSSR count). The minimum Gasteiger partial charge on any atom is -0.484 e. The maximum absolute atomic E-state index is 12.2. The first-order valence-electron chi connectivity index (χ1n) is 8.96. The highest BCUT2D eigenvalue weighted by Gasteiger charge is 2.16. The highest BCUT2D eigenvalue weighted by molar-refractivity contribution is 8.16. The molecule has 7 heteroatoms. The predicted octanol–water partition coefficient (Wildman–Crippen LogP) is 4.74. The number of aromatic nitrogens is 2. The number of nitrogens with zero attached hydrogens (tertiary/aromatic N) is 2. The summed E-state index contributed by atoms with van der Waals surface area (Å²) in [5.74, 6) is 3.68. The van der Waals surface area contributed by atoms with Crippen LogP contribution in [0.2, 0.25) is 0 Å². The summed E-state index contributed by atoms with van der Waals surface area (Å²) in [4.78, 5) is 12.2. The van der Waals surface area contributed by atoms with Gasteiger partial charge in [-0.3, -0.25) is 4.79 Å². The first kappa shape index (κ1) is 19.2. The summed E-state index contributed by atoms with van der Waals surface area (Å²) in [7, 11) is 0. The average molecular weight is 392 g/mol. The van der Waals surface area contributed by atoms with Crippen molar-refractivity contribution in [2.45, 2.75) is 37.3 Å². The van der Waals surface area contributed by atoms with Gasteiger partial charge in [0.25, 0.3) is 5.91 Å². The van der Waals surface area contributed by atoms with Crippen LogP contribution in [0.3, 0.4) is 0 Å². The molecule has 1 aromatic heterocycles. The molecule has 1 atom stereocenters. The van der Waals surface area contributed by atoms with Crippen LogP contribution in [0.4, 0.5) is 5.82 Å². The minimum atomic E-state index is -0.183. The van der Waals surface area contributed by atoms with Crippen LogP contribution in [-0.4, -0.2) is 33.8 Å². The number of anilines is 1. The lowest BCUT2D eigenvalue weighted by atomic mass is 10.2. The van der Waals surface area contributed by atoms with Gasteiger partial charge >= 0.3 is 0 Å². The summed E-state index contributed by atoms with van der Waals surface area (Å²) in [5.41, 5.74) is 1.31. The van der Waals surface area contributed by atoms with Gasteiger partial charge in [-0.25, -0.2) is 4.68 Å². The van der Waals surface area contributed by atoms with E-state index in [9.17, 15) is 4.79 Å². The standard InChI is InChI=1S/C19H25N3O2S2/c1-3-14(2)22-17(9-10-20-22)21-18(23)13-24-16-7-5-15(6-8-16)19-25-11-4-12-26-19/h5-10,14,19H,3-4,11-13H2,1-2H3,(H,21,23). The lowest BCUT2D eigenvalue weighted by Crippen LogP contribution is -2.22. The Morgan fingerprint density at radius 1 is 1.31 bits per heavy atom. The Balaban J connectivity index is 1.51. The number of ether oxygens (including phenoxy) is 1. The van der Waals surface area contributed by atoms with Gasteiger partial charge in [-0.2, -0.15) is 5.10 Å². The van der Waals surface area contributed by atoms with Gasteiger partial charge in [0.15, 0.2) is 6.61 Å². The fraction of sp³-hybridized carbons (Fsp3) is 0.474. The van der Waals surface area contributed by atoms with Crippen molar-refractivity contribution in [1.29, 1.82) is 0 Å². The largest absolute Gasteiger partial charge is 0.484 e. The Morgan fingerprint density at radius 3 is 2.73 bits per heavy atom. The Labute approximate surface area is 163 Å². The number of amides is 1. The second-order valence-electron chi connectivity index (χ2n) is 6.25. The average Bonchev–Trinajstić information content (AvgIpc) is 3.15. The number of hydrogen-bond acceptors (Lipinski definition) is 5. The second-order valence-corrected chi connectivity index (χ2v) is 8.98. The van der Waals surface area contributed by atoms with Crippen molar-refractivity contribution in [3.05, 3.63) is 42.1 Å². The highest BCUT2D eigenvalue weighted by atomic mass is 32.2. The quantitative estimate of drug-likeness (QED) is 0.739. The van der Waals surface area contributed by atoms with E-state index in [1.165, 1.54) is 23.5 Å². The van der Waals surface area contributed by atoms with Gasteiger partial charge in [0.05, 0.1) is 16.8 Å². The van der Waals surface area contributed by atoms with Crippen LogP contribution in [0.1, 0.15) is 42.9 Å². The molecule has 0 saturated carbocycles. The third kappa shape index (κ3) is 4.98. The van der Waals surface area contributed by atoms with Crippen molar-refractivity contribution in [1.82, 2.24) is 9.78 Å². The Hall–Kier alpha value is -1.60. The number of benzene rings is 1. The van der Waals surface area contributed by atoms with Crippen molar-refractivity contribution < 1.29 is 9.53 Å². The van der Waals surface area contributed by atoms with Crippen LogP contribution < -0.4 is 10.1 Å². The molecule has 0 aliphatic carbocycles. The lowest BCUT2D eigenvalue weighted by molar-refractivity contribution is -0.118. The number of carbonyl (C=O) groups excluding carboxylic acids is 1. The van der Waals surface area contributed by atoms with E-state index in [1.54, 1.807) is 12.3 Å². The molecular weight excluding hydrogens is 366 g/mol. The molecule has 1 saturated heterocycles. The van der Waals surface area contributed by atoms with Crippen molar-refractivity contribution in [2.75, 3.05) is 23.4 Å². The van der Waals surface area contributed by atoms with E-state index in [-0.39, 0.29) is 18.6 Å². The van der Waals surface area contributed by atoms with Crippen molar-refractivity contribution in [3.8, 4) is 5.75 Å². The van der Waals surface area contributed by atoms with Crippen molar-refractivity contribution in [2.24, 2.45) is 0 Å². The number of carbonyl (C=O) groups is 1. The molecule has 0 bridgehead atoms. The number of hydrogen-bond donors (Lipinski definition) is 1. The van der Waals surface area contributed by atoms with Crippen LogP contribution in [-0.2, 0) is 4.79 Å². The lowest BCUT2D eigenvalue weighted by Gasteiger charge is -2.21. The predicted molar refractivity (Wildman–Crippen MR) is 110 cm³/mol. The number of rotatable bonds is 7. The molecule has 1 fully saturated rings. The highest BCUT2D eigenvalue weighted by Crippen LogP contribution is 2.43. The molecule has 5 nitrogen and oxygen atoms in total. The third-order valence-corrected chi connectivity index (χ3v) is 7.31. The maximum Gasteiger partial charge on any atom is 0.263 e. The van der Waals surface area contributed by atoms with Crippen molar-refractivity contribution >= 4 is 35.2 Å². The van der Waals surface area contributed by atoms with Crippen molar-refractivity contribution in [3.63, 3.8) is 0 Å². The summed E-state index contributed by atoms with van der Waals surface area (Å²) in [6, 6.07) is 10.1. The van der Waals surface area contributed by atoms with Gasteiger partial charge in [-0.05, 0) is 49.0 Å². The Morgan fingerprint density at radius 2 is 2.04 bits per heavy atom. The van der Waals surface area contributed by atoms with Crippen LogP contribution in [0.25, 0.3) is 0 Å². The third-order valence-electron chi connectivity index (χ3n) is 4.30. The zero-order valence-corrected chi connectivity index (χ0v) is 16.8. The molecule has 26 heavy (non-hydrogen) atoms. The molecule has 1 N–H and O–H groups in total. The fourth-order valence-electron chi connectivity index (χ4n) is 2.67. The molecule has 2 aromatic rings. The molecule has 1 unspecified atom stereocenters. The van der Waals surface area contributed by atoms with Crippen LogP contribution in [0, 0.1) is 0 Å². The van der Waals surface area contributed by atoms with E-state index in [1.807, 2.05) is 40.3 Å². The second kappa shape index (κ2) is 9.37. The summed E-state index contributed by atoms with van der Waals surface area (Å²) < 4.78 is 7.97. The summed E-state index contributed by atoms with van der Waals surface area (Å²) >= 11 is 4.00. The van der Waals surface area contributed by atoms with E-state index in [0.717, 1.165) is 6.42 Å². The molecule has 2 heterocycles. The smallest absolute Gasteiger partial charge is 0.263 e. The summed E-state index contributed by atoms with van der Waals surface area (Å²) in [6.45, 7) is 4.15. The van der Waals surface area contributed by atoms with Gasteiger partial charge in [0.2, 0.25) is 0 Å². The van der Waals surface area contributed by atoms with E-state index in [4.69, 9.17) is 4.74 Å². The Bertz CT molecular complexity index is 712. The monoisotopic (exact) mass is 391 g/mol. The first-order valence-corrected chi connectivity index (χ1v) is 11.1. The van der Waals surface area contributed by atoms with E-state index < -0.39 is 0 Å². The SMILES string of the molecule is CCC(C)n1nccc1NC(=O)COc1ccc(C2SCCCS2)cc1. The molecule has 140 valence electrons. The molecule has 1 aromatic carbocycles.